The monoisotopic (exact) mass is 334 g/mol. The van der Waals surface area contributed by atoms with E-state index in [-0.39, 0.29) is 0 Å². The average Bonchev–Trinajstić information content (AvgIpc) is 3.14. The van der Waals surface area contributed by atoms with Crippen molar-refractivity contribution in [1.29, 1.82) is 0 Å². The molecule has 3 aliphatic rings. The van der Waals surface area contributed by atoms with Crippen molar-refractivity contribution in [1.82, 2.24) is 0 Å². The van der Waals surface area contributed by atoms with Crippen LogP contribution in [0.3, 0.4) is 0 Å². The molecule has 1 atom stereocenters. The Hall–Kier alpha value is -0.0400. The lowest BCUT2D eigenvalue weighted by Gasteiger charge is -2.43. The molecular weight excluding hydrogens is 292 g/mol. The molecule has 0 amide bonds. The molecule has 0 N–H and O–H groups in total. The van der Waals surface area contributed by atoms with Gasteiger partial charge in [-0.1, -0.05) is 59.3 Å². The van der Waals surface area contributed by atoms with Gasteiger partial charge in [0.25, 0.3) is 0 Å². The van der Waals surface area contributed by atoms with Gasteiger partial charge in [0, 0.05) is 0 Å². The van der Waals surface area contributed by atoms with Crippen LogP contribution >= 0.6 is 0 Å². The van der Waals surface area contributed by atoms with Gasteiger partial charge in [-0.15, -0.1) is 0 Å². The van der Waals surface area contributed by atoms with Crippen molar-refractivity contribution in [2.45, 2.75) is 129 Å². The molecule has 3 aliphatic carbocycles. The number of rotatable bonds is 9. The van der Waals surface area contributed by atoms with Gasteiger partial charge < -0.3 is 4.74 Å². The predicted octanol–water partition coefficient (Wildman–Crippen LogP) is 7.28. The predicted molar refractivity (Wildman–Crippen MR) is 103 cm³/mol. The third-order valence-electron chi connectivity index (χ3n) is 7.57. The quantitative estimate of drug-likeness (QED) is 0.402. The molecule has 0 aromatic carbocycles. The minimum Gasteiger partial charge on any atom is -0.374 e. The lowest BCUT2D eigenvalue weighted by atomic mass is 9.68. The van der Waals surface area contributed by atoms with Gasteiger partial charge in [0.1, 0.15) is 0 Å². The van der Waals surface area contributed by atoms with Crippen LogP contribution in [0.15, 0.2) is 0 Å². The van der Waals surface area contributed by atoms with Crippen molar-refractivity contribution in [3.8, 4) is 0 Å². The first-order chi connectivity index (χ1) is 11.5. The molecule has 0 aromatic rings. The maximum absolute atomic E-state index is 6.82. The topological polar surface area (TPSA) is 9.23 Å². The highest BCUT2D eigenvalue weighted by Gasteiger charge is 2.48. The smallest absolute Gasteiger partial charge is 0.0630 e. The number of hydrogen-bond donors (Lipinski definition) is 0. The standard InChI is InChI=1S/C23H42O/c1-4-5-7-12-21(24-20-10-8-6-9-11-20)22(2,3)18-23-15-13-19(17-23)14-16-23/h19-21H,4-18H2,1-3H3. The van der Waals surface area contributed by atoms with Gasteiger partial charge in [0.2, 0.25) is 0 Å². The summed E-state index contributed by atoms with van der Waals surface area (Å²) < 4.78 is 6.82. The van der Waals surface area contributed by atoms with Gasteiger partial charge in [-0.05, 0) is 74.5 Å². The second-order valence-electron chi connectivity index (χ2n) is 10.2. The highest BCUT2D eigenvalue weighted by molar-refractivity contribution is 4.99. The zero-order chi connectivity index (χ0) is 17.0. The summed E-state index contributed by atoms with van der Waals surface area (Å²) in [6, 6.07) is 0. The molecule has 3 rings (SSSR count). The van der Waals surface area contributed by atoms with Crippen LogP contribution in [0.2, 0.25) is 0 Å². The minimum atomic E-state index is 0.352. The molecule has 0 spiro atoms. The molecule has 0 aromatic heterocycles. The Bertz CT molecular complexity index is 371. The molecule has 24 heavy (non-hydrogen) atoms. The van der Waals surface area contributed by atoms with E-state index in [4.69, 9.17) is 4.74 Å². The summed E-state index contributed by atoms with van der Waals surface area (Å²) >= 11 is 0. The number of ether oxygens (including phenoxy) is 1. The van der Waals surface area contributed by atoms with Gasteiger partial charge in [-0.3, -0.25) is 0 Å². The number of unbranched alkanes of at least 4 members (excludes halogenated alkanes) is 2. The molecule has 2 bridgehead atoms. The largest absolute Gasteiger partial charge is 0.374 e. The first-order valence-electron chi connectivity index (χ1n) is 11.2. The summed E-state index contributed by atoms with van der Waals surface area (Å²) in [5.41, 5.74) is 1.04. The van der Waals surface area contributed by atoms with Crippen molar-refractivity contribution in [2.24, 2.45) is 16.7 Å². The van der Waals surface area contributed by atoms with Crippen LogP contribution < -0.4 is 0 Å². The second kappa shape index (κ2) is 8.11. The van der Waals surface area contributed by atoms with Crippen molar-refractivity contribution >= 4 is 0 Å². The van der Waals surface area contributed by atoms with Crippen molar-refractivity contribution in [2.75, 3.05) is 0 Å². The van der Waals surface area contributed by atoms with Crippen molar-refractivity contribution < 1.29 is 4.74 Å². The molecular formula is C23H42O. The summed E-state index contributed by atoms with van der Waals surface area (Å²) in [6.07, 6.45) is 22.2. The molecule has 3 fully saturated rings. The zero-order valence-corrected chi connectivity index (χ0v) is 16.7. The van der Waals surface area contributed by atoms with E-state index in [2.05, 4.69) is 20.8 Å². The van der Waals surface area contributed by atoms with E-state index < -0.39 is 0 Å². The van der Waals surface area contributed by atoms with Crippen molar-refractivity contribution in [3.05, 3.63) is 0 Å². The van der Waals surface area contributed by atoms with Crippen LogP contribution in [-0.2, 0) is 4.74 Å². The lowest BCUT2D eigenvalue weighted by molar-refractivity contribution is -0.100. The molecule has 3 saturated carbocycles. The van der Waals surface area contributed by atoms with Crippen molar-refractivity contribution in [3.63, 3.8) is 0 Å². The van der Waals surface area contributed by atoms with E-state index in [0.717, 1.165) is 5.92 Å². The normalized spacial score (nSPS) is 32.4. The van der Waals surface area contributed by atoms with Gasteiger partial charge in [-0.2, -0.15) is 0 Å². The van der Waals surface area contributed by atoms with Crippen LogP contribution in [0.1, 0.15) is 117 Å². The molecule has 1 nitrogen and oxygen atoms in total. The SMILES string of the molecule is CCCCCC(OC1CCCCC1)C(C)(C)CC12CCC(CC1)C2. The summed E-state index contributed by atoms with van der Waals surface area (Å²) in [5.74, 6) is 1.07. The highest BCUT2D eigenvalue weighted by Crippen LogP contribution is 2.59. The first-order valence-corrected chi connectivity index (χ1v) is 11.2. The summed E-state index contributed by atoms with van der Waals surface area (Å²) in [6.45, 7) is 7.39. The number of fused-ring (bicyclic) bond motifs is 2. The van der Waals surface area contributed by atoms with Gasteiger partial charge in [-0.25, -0.2) is 0 Å². The average molecular weight is 335 g/mol. The van der Waals surface area contributed by atoms with Gasteiger partial charge in [0.15, 0.2) is 0 Å². The van der Waals surface area contributed by atoms with Crippen LogP contribution in [0.5, 0.6) is 0 Å². The Labute approximate surface area is 151 Å². The maximum Gasteiger partial charge on any atom is 0.0630 e. The molecule has 140 valence electrons. The minimum absolute atomic E-state index is 0.352. The van der Waals surface area contributed by atoms with Crippen LogP contribution in [0, 0.1) is 16.7 Å². The summed E-state index contributed by atoms with van der Waals surface area (Å²) in [5, 5.41) is 0. The van der Waals surface area contributed by atoms with E-state index in [0.29, 0.717) is 23.0 Å². The molecule has 0 saturated heterocycles. The molecule has 1 heteroatoms. The third kappa shape index (κ3) is 4.57. The Morgan fingerprint density at radius 1 is 1.00 bits per heavy atom. The second-order valence-corrected chi connectivity index (χ2v) is 10.2. The Morgan fingerprint density at radius 3 is 2.29 bits per heavy atom. The first kappa shape index (κ1) is 18.7. The summed E-state index contributed by atoms with van der Waals surface area (Å²) in [7, 11) is 0. The fourth-order valence-electron chi connectivity index (χ4n) is 6.30. The molecule has 0 heterocycles. The van der Waals surface area contributed by atoms with E-state index in [1.54, 1.807) is 0 Å². The lowest BCUT2D eigenvalue weighted by Crippen LogP contribution is -2.39. The van der Waals surface area contributed by atoms with Gasteiger partial charge in [0.05, 0.1) is 12.2 Å². The van der Waals surface area contributed by atoms with Crippen LogP contribution in [0.25, 0.3) is 0 Å². The molecule has 1 unspecified atom stereocenters. The van der Waals surface area contributed by atoms with E-state index in [1.165, 1.54) is 96.3 Å². The van der Waals surface area contributed by atoms with E-state index in [1.807, 2.05) is 0 Å². The summed E-state index contributed by atoms with van der Waals surface area (Å²) in [4.78, 5) is 0. The molecule has 0 radical (unpaired) electrons. The zero-order valence-electron chi connectivity index (χ0n) is 16.7. The van der Waals surface area contributed by atoms with Crippen LogP contribution in [0.4, 0.5) is 0 Å². The highest BCUT2D eigenvalue weighted by atomic mass is 16.5. The van der Waals surface area contributed by atoms with Crippen LogP contribution in [-0.4, -0.2) is 12.2 Å². The maximum atomic E-state index is 6.82. The van der Waals surface area contributed by atoms with E-state index in [9.17, 15) is 0 Å². The fraction of sp³-hybridized carbons (Fsp3) is 1.00. The number of hydrogen-bond acceptors (Lipinski definition) is 1. The van der Waals surface area contributed by atoms with Gasteiger partial charge >= 0.3 is 0 Å². The Morgan fingerprint density at radius 2 is 1.71 bits per heavy atom. The Balaban J connectivity index is 1.62. The third-order valence-corrected chi connectivity index (χ3v) is 7.57. The molecule has 0 aliphatic heterocycles. The fourth-order valence-corrected chi connectivity index (χ4v) is 6.30. The van der Waals surface area contributed by atoms with E-state index >= 15 is 0 Å². The Kier molecular flexibility index (Phi) is 6.33.